The zero-order valence-electron chi connectivity index (χ0n) is 12.6. The second-order valence-corrected chi connectivity index (χ2v) is 6.75. The highest BCUT2D eigenvalue weighted by Crippen LogP contribution is 2.33. The second kappa shape index (κ2) is 6.64. The van der Waals surface area contributed by atoms with Crippen molar-refractivity contribution in [3.63, 3.8) is 0 Å². The van der Waals surface area contributed by atoms with Crippen molar-refractivity contribution in [2.75, 3.05) is 33.9 Å². The van der Waals surface area contributed by atoms with Crippen LogP contribution in [-0.2, 0) is 10.2 Å². The van der Waals surface area contributed by atoms with Crippen LogP contribution in [0.25, 0.3) is 0 Å². The Balaban J connectivity index is 2.18. The summed E-state index contributed by atoms with van der Waals surface area (Å²) in [5, 5.41) is 0. The molecule has 1 aromatic rings. The number of nitrogens with zero attached hydrogens (tertiary/aromatic N) is 1. The summed E-state index contributed by atoms with van der Waals surface area (Å²) in [6, 6.07) is 5.69. The fourth-order valence-electron chi connectivity index (χ4n) is 2.56. The van der Waals surface area contributed by atoms with Gasteiger partial charge in [-0.3, -0.25) is 0 Å². The molecule has 118 valence electrons. The number of benzene rings is 1. The molecule has 21 heavy (non-hydrogen) atoms. The summed E-state index contributed by atoms with van der Waals surface area (Å²) < 4.78 is 38.6. The molecule has 0 spiro atoms. The molecule has 1 fully saturated rings. The smallest absolute Gasteiger partial charge is 0.279 e. The van der Waals surface area contributed by atoms with E-state index < -0.39 is 10.2 Å². The first-order valence-electron chi connectivity index (χ1n) is 6.98. The quantitative estimate of drug-likeness (QED) is 0.860. The zero-order chi connectivity index (χ0) is 15.5. The molecule has 7 heteroatoms. The summed E-state index contributed by atoms with van der Waals surface area (Å²) in [5.41, 5.74) is 1.04. The third-order valence-electron chi connectivity index (χ3n) is 3.66. The molecule has 1 heterocycles. The highest BCUT2D eigenvalue weighted by molar-refractivity contribution is 7.87. The number of hydrogen-bond donors (Lipinski definition) is 1. The summed E-state index contributed by atoms with van der Waals surface area (Å²) in [5.74, 6) is 1.59. The van der Waals surface area contributed by atoms with E-state index in [0.717, 1.165) is 23.5 Å². The molecule has 0 aromatic heterocycles. The lowest BCUT2D eigenvalue weighted by Crippen LogP contribution is -2.39. The van der Waals surface area contributed by atoms with Crippen molar-refractivity contribution in [2.45, 2.75) is 19.3 Å². The van der Waals surface area contributed by atoms with Crippen molar-refractivity contribution in [1.29, 1.82) is 0 Å². The summed E-state index contributed by atoms with van der Waals surface area (Å²) in [7, 11) is -0.149. The van der Waals surface area contributed by atoms with Crippen LogP contribution in [0.2, 0.25) is 0 Å². The van der Waals surface area contributed by atoms with E-state index >= 15 is 0 Å². The number of ether oxygens (including phenoxy) is 2. The highest BCUT2D eigenvalue weighted by atomic mass is 32.2. The van der Waals surface area contributed by atoms with Crippen LogP contribution in [0.5, 0.6) is 11.5 Å². The topological polar surface area (TPSA) is 67.9 Å². The molecule has 1 atom stereocenters. The van der Waals surface area contributed by atoms with E-state index in [-0.39, 0.29) is 5.92 Å². The Bertz CT molecular complexity index is 566. The minimum Gasteiger partial charge on any atom is -0.497 e. The van der Waals surface area contributed by atoms with E-state index in [1.54, 1.807) is 21.1 Å². The number of rotatable bonds is 6. The van der Waals surface area contributed by atoms with Crippen LogP contribution in [0.3, 0.4) is 0 Å². The van der Waals surface area contributed by atoms with Crippen molar-refractivity contribution in [3.8, 4) is 11.5 Å². The second-order valence-electron chi connectivity index (χ2n) is 4.99. The normalized spacial score (nSPS) is 19.7. The van der Waals surface area contributed by atoms with Gasteiger partial charge >= 0.3 is 0 Å². The molecule has 1 saturated heterocycles. The third kappa shape index (κ3) is 3.66. The third-order valence-corrected chi connectivity index (χ3v) is 5.33. The molecule has 1 aromatic carbocycles. The van der Waals surface area contributed by atoms with E-state index in [1.807, 2.05) is 18.2 Å². The van der Waals surface area contributed by atoms with Gasteiger partial charge in [0.15, 0.2) is 0 Å². The Labute approximate surface area is 126 Å². The van der Waals surface area contributed by atoms with Gasteiger partial charge in [-0.2, -0.15) is 12.7 Å². The molecular weight excluding hydrogens is 292 g/mol. The zero-order valence-corrected chi connectivity index (χ0v) is 13.4. The standard InChI is InChI=1S/C14H22N2O4S/c1-4-15-21(17,18)16-6-5-11(10-16)12-7-13(19-2)9-14(8-12)20-3/h7-9,11,15H,4-6,10H2,1-3H3/t11-/m1/s1. The molecule has 2 rings (SSSR count). The Kier molecular flexibility index (Phi) is 5.08. The lowest BCUT2D eigenvalue weighted by Gasteiger charge is -2.17. The van der Waals surface area contributed by atoms with E-state index in [2.05, 4.69) is 4.72 Å². The molecular formula is C14H22N2O4S. The van der Waals surface area contributed by atoms with Gasteiger partial charge in [-0.25, -0.2) is 4.72 Å². The molecule has 6 nitrogen and oxygen atoms in total. The summed E-state index contributed by atoms with van der Waals surface area (Å²) in [4.78, 5) is 0. The van der Waals surface area contributed by atoms with Crippen LogP contribution in [0.15, 0.2) is 18.2 Å². The van der Waals surface area contributed by atoms with Crippen molar-refractivity contribution in [1.82, 2.24) is 9.03 Å². The highest BCUT2D eigenvalue weighted by Gasteiger charge is 2.32. The van der Waals surface area contributed by atoms with E-state index in [0.29, 0.717) is 19.6 Å². The summed E-state index contributed by atoms with van der Waals surface area (Å²) >= 11 is 0. The maximum atomic E-state index is 12.0. The average Bonchev–Trinajstić information content (AvgIpc) is 2.97. The number of hydrogen-bond acceptors (Lipinski definition) is 4. The van der Waals surface area contributed by atoms with Crippen LogP contribution in [-0.4, -0.2) is 46.6 Å². The maximum absolute atomic E-state index is 12.0. The van der Waals surface area contributed by atoms with Gasteiger partial charge in [-0.1, -0.05) is 6.92 Å². The number of methoxy groups -OCH3 is 2. The van der Waals surface area contributed by atoms with Crippen LogP contribution in [0.4, 0.5) is 0 Å². The van der Waals surface area contributed by atoms with Gasteiger partial charge in [-0.05, 0) is 30.0 Å². The SMILES string of the molecule is CCNS(=O)(=O)N1CC[C@@H](c2cc(OC)cc(OC)c2)C1. The lowest BCUT2D eigenvalue weighted by molar-refractivity contribution is 0.392. The first kappa shape index (κ1) is 16.1. The molecule has 1 aliphatic heterocycles. The Morgan fingerprint density at radius 2 is 1.86 bits per heavy atom. The molecule has 1 N–H and O–H groups in total. The lowest BCUT2D eigenvalue weighted by atomic mass is 9.98. The molecule has 0 amide bonds. The van der Waals surface area contributed by atoms with Crippen molar-refractivity contribution < 1.29 is 17.9 Å². The number of nitrogens with one attached hydrogen (secondary N) is 1. The van der Waals surface area contributed by atoms with E-state index in [9.17, 15) is 8.42 Å². The largest absolute Gasteiger partial charge is 0.497 e. The Hall–Kier alpha value is -1.31. The van der Waals surface area contributed by atoms with Gasteiger partial charge in [0, 0.05) is 25.7 Å². The van der Waals surface area contributed by atoms with Crippen LogP contribution < -0.4 is 14.2 Å². The van der Waals surface area contributed by atoms with Gasteiger partial charge in [0.05, 0.1) is 14.2 Å². The predicted octanol–water partition coefficient (Wildman–Crippen LogP) is 1.35. The molecule has 0 unspecified atom stereocenters. The molecule has 0 saturated carbocycles. The fourth-order valence-corrected chi connectivity index (χ4v) is 3.83. The molecule has 0 aliphatic carbocycles. The van der Waals surface area contributed by atoms with Crippen LogP contribution >= 0.6 is 0 Å². The van der Waals surface area contributed by atoms with Gasteiger partial charge in [0.1, 0.15) is 11.5 Å². The Morgan fingerprint density at radius 1 is 1.24 bits per heavy atom. The summed E-state index contributed by atoms with van der Waals surface area (Å²) in [6.07, 6.45) is 0.793. The van der Waals surface area contributed by atoms with Gasteiger partial charge in [0.2, 0.25) is 0 Å². The van der Waals surface area contributed by atoms with Gasteiger partial charge in [-0.15, -0.1) is 0 Å². The van der Waals surface area contributed by atoms with Gasteiger partial charge < -0.3 is 9.47 Å². The first-order chi connectivity index (χ1) is 10.00. The fraction of sp³-hybridized carbons (Fsp3) is 0.571. The Morgan fingerprint density at radius 3 is 2.38 bits per heavy atom. The van der Waals surface area contributed by atoms with Gasteiger partial charge in [0.25, 0.3) is 10.2 Å². The van der Waals surface area contributed by atoms with Crippen LogP contribution in [0.1, 0.15) is 24.8 Å². The minimum atomic E-state index is -3.36. The van der Waals surface area contributed by atoms with E-state index in [1.165, 1.54) is 4.31 Å². The maximum Gasteiger partial charge on any atom is 0.279 e. The predicted molar refractivity (Wildman–Crippen MR) is 81.1 cm³/mol. The first-order valence-corrected chi connectivity index (χ1v) is 8.42. The molecule has 1 aliphatic rings. The minimum absolute atomic E-state index is 0.155. The molecule has 0 radical (unpaired) electrons. The summed E-state index contributed by atoms with van der Waals surface area (Å²) in [6.45, 7) is 3.18. The average molecular weight is 314 g/mol. The van der Waals surface area contributed by atoms with Crippen molar-refractivity contribution in [3.05, 3.63) is 23.8 Å². The monoisotopic (exact) mass is 314 g/mol. The van der Waals surface area contributed by atoms with E-state index in [4.69, 9.17) is 9.47 Å². The van der Waals surface area contributed by atoms with Crippen molar-refractivity contribution in [2.24, 2.45) is 0 Å². The van der Waals surface area contributed by atoms with Crippen molar-refractivity contribution >= 4 is 10.2 Å². The molecule has 0 bridgehead atoms. The van der Waals surface area contributed by atoms with Crippen LogP contribution in [0, 0.1) is 0 Å².